The highest BCUT2D eigenvalue weighted by Crippen LogP contribution is 2.17. The standard InChI is InChI=1S/C17H29N3O/c1-12(2)11-13(3)20(6)17(21)19-16-9-7-15(8-10-16)14(4)18-5/h7-10,12-14,18H,11H2,1-6H3,(H,19,21). The summed E-state index contributed by atoms with van der Waals surface area (Å²) in [5, 5.41) is 6.14. The van der Waals surface area contributed by atoms with Gasteiger partial charge in [-0.25, -0.2) is 4.79 Å². The van der Waals surface area contributed by atoms with E-state index in [1.54, 1.807) is 4.90 Å². The number of benzene rings is 1. The Bertz CT molecular complexity index is 442. The van der Waals surface area contributed by atoms with Gasteiger partial charge in [-0.3, -0.25) is 0 Å². The minimum absolute atomic E-state index is 0.0578. The highest BCUT2D eigenvalue weighted by Gasteiger charge is 2.16. The monoisotopic (exact) mass is 291 g/mol. The molecule has 0 saturated carbocycles. The average molecular weight is 291 g/mol. The van der Waals surface area contributed by atoms with Crippen LogP contribution in [-0.4, -0.2) is 31.1 Å². The first-order chi connectivity index (χ1) is 9.85. The predicted molar refractivity (Wildman–Crippen MR) is 89.6 cm³/mol. The normalized spacial score (nSPS) is 13.9. The fourth-order valence-electron chi connectivity index (χ4n) is 2.27. The van der Waals surface area contributed by atoms with Crippen LogP contribution >= 0.6 is 0 Å². The highest BCUT2D eigenvalue weighted by atomic mass is 16.2. The van der Waals surface area contributed by atoms with Crippen molar-refractivity contribution in [3.05, 3.63) is 29.8 Å². The summed E-state index contributed by atoms with van der Waals surface area (Å²) < 4.78 is 0. The molecule has 2 unspecified atom stereocenters. The summed E-state index contributed by atoms with van der Waals surface area (Å²) in [4.78, 5) is 14.0. The summed E-state index contributed by atoms with van der Waals surface area (Å²) in [6.07, 6.45) is 1.00. The molecule has 0 fully saturated rings. The predicted octanol–water partition coefficient (Wildman–Crippen LogP) is 3.87. The number of carbonyl (C=O) groups is 1. The summed E-state index contributed by atoms with van der Waals surface area (Å²) in [6.45, 7) is 8.53. The molecule has 0 heterocycles. The third kappa shape index (κ3) is 5.38. The van der Waals surface area contributed by atoms with Gasteiger partial charge in [0.25, 0.3) is 0 Å². The van der Waals surface area contributed by atoms with Crippen LogP contribution in [0.1, 0.15) is 45.7 Å². The van der Waals surface area contributed by atoms with Crippen molar-refractivity contribution in [1.29, 1.82) is 0 Å². The molecule has 0 aliphatic heterocycles. The Morgan fingerprint density at radius 2 is 1.71 bits per heavy atom. The molecule has 2 atom stereocenters. The second-order valence-corrected chi connectivity index (χ2v) is 6.15. The van der Waals surface area contributed by atoms with E-state index in [9.17, 15) is 4.79 Å². The Kier molecular flexibility index (Phi) is 6.69. The Morgan fingerprint density at radius 1 is 1.14 bits per heavy atom. The molecule has 2 N–H and O–H groups in total. The van der Waals surface area contributed by atoms with E-state index in [4.69, 9.17) is 0 Å². The van der Waals surface area contributed by atoms with Gasteiger partial charge in [-0.2, -0.15) is 0 Å². The zero-order valence-electron chi connectivity index (χ0n) is 14.1. The molecule has 0 saturated heterocycles. The van der Waals surface area contributed by atoms with Crippen LogP contribution in [0.25, 0.3) is 0 Å². The topological polar surface area (TPSA) is 44.4 Å². The first-order valence-electron chi connectivity index (χ1n) is 7.66. The van der Waals surface area contributed by atoms with E-state index < -0.39 is 0 Å². The minimum Gasteiger partial charge on any atom is -0.325 e. The van der Waals surface area contributed by atoms with Crippen molar-refractivity contribution >= 4 is 11.7 Å². The Balaban J connectivity index is 2.62. The molecule has 4 nitrogen and oxygen atoms in total. The van der Waals surface area contributed by atoms with Gasteiger partial charge in [0, 0.05) is 24.8 Å². The van der Waals surface area contributed by atoms with Crippen molar-refractivity contribution < 1.29 is 4.79 Å². The number of anilines is 1. The lowest BCUT2D eigenvalue weighted by Crippen LogP contribution is -2.38. The number of hydrogen-bond acceptors (Lipinski definition) is 2. The van der Waals surface area contributed by atoms with Crippen molar-refractivity contribution in [3.8, 4) is 0 Å². The third-order valence-electron chi connectivity index (χ3n) is 3.89. The van der Waals surface area contributed by atoms with Gasteiger partial charge in [0.1, 0.15) is 0 Å². The maximum atomic E-state index is 12.2. The van der Waals surface area contributed by atoms with Crippen molar-refractivity contribution in [2.75, 3.05) is 19.4 Å². The number of rotatable bonds is 6. The maximum Gasteiger partial charge on any atom is 0.321 e. The molecule has 1 aromatic carbocycles. The van der Waals surface area contributed by atoms with Crippen LogP contribution < -0.4 is 10.6 Å². The van der Waals surface area contributed by atoms with Crippen molar-refractivity contribution in [1.82, 2.24) is 10.2 Å². The van der Waals surface area contributed by atoms with Crippen molar-refractivity contribution in [2.24, 2.45) is 5.92 Å². The summed E-state index contributed by atoms with van der Waals surface area (Å²) in [5.74, 6) is 0.581. The first-order valence-corrected chi connectivity index (χ1v) is 7.66. The van der Waals surface area contributed by atoms with Gasteiger partial charge < -0.3 is 15.5 Å². The highest BCUT2D eigenvalue weighted by molar-refractivity contribution is 5.89. The van der Waals surface area contributed by atoms with Crippen LogP contribution in [0.4, 0.5) is 10.5 Å². The number of nitrogens with one attached hydrogen (secondary N) is 2. The quantitative estimate of drug-likeness (QED) is 0.835. The zero-order valence-corrected chi connectivity index (χ0v) is 14.1. The minimum atomic E-state index is -0.0578. The summed E-state index contributed by atoms with van der Waals surface area (Å²) in [5.41, 5.74) is 2.03. The van der Waals surface area contributed by atoms with E-state index in [0.29, 0.717) is 12.0 Å². The maximum absolute atomic E-state index is 12.2. The SMILES string of the molecule is CNC(C)c1ccc(NC(=O)N(C)C(C)CC(C)C)cc1. The molecule has 0 aliphatic rings. The number of nitrogens with zero attached hydrogens (tertiary/aromatic N) is 1. The molecule has 4 heteroatoms. The van der Waals surface area contributed by atoms with Crippen LogP contribution in [0.15, 0.2) is 24.3 Å². The van der Waals surface area contributed by atoms with Crippen LogP contribution in [0.3, 0.4) is 0 Å². The Morgan fingerprint density at radius 3 is 2.19 bits per heavy atom. The smallest absolute Gasteiger partial charge is 0.321 e. The molecule has 0 aromatic heterocycles. The van der Waals surface area contributed by atoms with Crippen LogP contribution in [0.2, 0.25) is 0 Å². The van der Waals surface area contributed by atoms with E-state index in [1.165, 1.54) is 5.56 Å². The van der Waals surface area contributed by atoms with E-state index in [2.05, 4.69) is 38.3 Å². The van der Waals surface area contributed by atoms with Gasteiger partial charge in [-0.1, -0.05) is 26.0 Å². The van der Waals surface area contributed by atoms with Crippen LogP contribution in [0.5, 0.6) is 0 Å². The van der Waals surface area contributed by atoms with Gasteiger partial charge >= 0.3 is 6.03 Å². The van der Waals surface area contributed by atoms with E-state index in [-0.39, 0.29) is 12.1 Å². The molecule has 21 heavy (non-hydrogen) atoms. The van der Waals surface area contributed by atoms with E-state index >= 15 is 0 Å². The molecule has 2 amide bonds. The van der Waals surface area contributed by atoms with Gasteiger partial charge in [0.15, 0.2) is 0 Å². The van der Waals surface area contributed by atoms with E-state index in [1.807, 2.05) is 38.4 Å². The van der Waals surface area contributed by atoms with Gasteiger partial charge in [-0.05, 0) is 50.9 Å². The number of hydrogen-bond donors (Lipinski definition) is 2. The fraction of sp³-hybridized carbons (Fsp3) is 0.588. The lowest BCUT2D eigenvalue weighted by atomic mass is 10.0. The molecule has 0 bridgehead atoms. The number of urea groups is 1. The lowest BCUT2D eigenvalue weighted by Gasteiger charge is -2.26. The molecule has 1 rings (SSSR count). The summed E-state index contributed by atoms with van der Waals surface area (Å²) >= 11 is 0. The fourth-order valence-corrected chi connectivity index (χ4v) is 2.27. The van der Waals surface area contributed by atoms with Gasteiger partial charge in [0.05, 0.1) is 0 Å². The summed E-state index contributed by atoms with van der Waals surface area (Å²) in [6, 6.07) is 8.45. The molecule has 0 spiro atoms. The third-order valence-corrected chi connectivity index (χ3v) is 3.89. The van der Waals surface area contributed by atoms with Crippen LogP contribution in [0, 0.1) is 5.92 Å². The van der Waals surface area contributed by atoms with Crippen molar-refractivity contribution in [3.63, 3.8) is 0 Å². The van der Waals surface area contributed by atoms with Crippen LogP contribution in [-0.2, 0) is 0 Å². The molecule has 0 aliphatic carbocycles. The average Bonchev–Trinajstić information content (AvgIpc) is 2.45. The molecular formula is C17H29N3O. The van der Waals surface area contributed by atoms with Crippen molar-refractivity contribution in [2.45, 2.75) is 46.2 Å². The lowest BCUT2D eigenvalue weighted by molar-refractivity contribution is 0.200. The Labute approximate surface area is 128 Å². The molecule has 0 radical (unpaired) electrons. The summed E-state index contributed by atoms with van der Waals surface area (Å²) in [7, 11) is 3.78. The van der Waals surface area contributed by atoms with Gasteiger partial charge in [0.2, 0.25) is 0 Å². The Hall–Kier alpha value is -1.55. The molecular weight excluding hydrogens is 262 g/mol. The van der Waals surface area contributed by atoms with Gasteiger partial charge in [-0.15, -0.1) is 0 Å². The zero-order chi connectivity index (χ0) is 16.0. The van der Waals surface area contributed by atoms with E-state index in [0.717, 1.165) is 12.1 Å². The number of carbonyl (C=O) groups excluding carboxylic acids is 1. The molecule has 1 aromatic rings. The second kappa shape index (κ2) is 8.03. The largest absolute Gasteiger partial charge is 0.325 e. The first kappa shape index (κ1) is 17.5. The second-order valence-electron chi connectivity index (χ2n) is 6.15. The molecule has 118 valence electrons. The number of amides is 2.